The fourth-order valence-electron chi connectivity index (χ4n) is 2.52. The summed E-state index contributed by atoms with van der Waals surface area (Å²) in [5.41, 5.74) is 1.92. The predicted molar refractivity (Wildman–Crippen MR) is 102 cm³/mol. The molecule has 0 saturated carbocycles. The number of rotatable bonds is 5. The van der Waals surface area contributed by atoms with Crippen molar-refractivity contribution in [3.05, 3.63) is 64.6 Å². The van der Waals surface area contributed by atoms with Gasteiger partial charge in [0.1, 0.15) is 5.69 Å². The zero-order chi connectivity index (χ0) is 19.6. The Morgan fingerprint density at radius 1 is 1.22 bits per heavy atom. The van der Waals surface area contributed by atoms with E-state index in [0.29, 0.717) is 17.6 Å². The Morgan fingerprint density at radius 2 is 1.96 bits per heavy atom. The second-order valence-electron chi connectivity index (χ2n) is 5.67. The molecule has 27 heavy (non-hydrogen) atoms. The first kappa shape index (κ1) is 19.3. The Kier molecular flexibility index (Phi) is 5.76. The number of aromatic nitrogens is 3. The summed E-state index contributed by atoms with van der Waals surface area (Å²) >= 11 is 6.49. The van der Waals surface area contributed by atoms with Gasteiger partial charge in [-0.2, -0.15) is 13.9 Å². The van der Waals surface area contributed by atoms with Gasteiger partial charge in [-0.1, -0.05) is 35.5 Å². The number of anilines is 1. The van der Waals surface area contributed by atoms with Gasteiger partial charge in [0.05, 0.1) is 16.4 Å². The molecule has 0 bridgehead atoms. The van der Waals surface area contributed by atoms with E-state index in [4.69, 9.17) is 11.6 Å². The summed E-state index contributed by atoms with van der Waals surface area (Å²) in [7, 11) is 0. The number of alkyl halides is 2. The van der Waals surface area contributed by atoms with Gasteiger partial charge < -0.3 is 5.32 Å². The van der Waals surface area contributed by atoms with Crippen LogP contribution in [0.4, 0.5) is 14.5 Å². The maximum Gasteiger partial charge on any atom is 0.288 e. The molecule has 0 aliphatic rings. The molecule has 0 unspecified atom stereocenters. The van der Waals surface area contributed by atoms with E-state index in [1.54, 1.807) is 35.0 Å². The van der Waals surface area contributed by atoms with Crippen molar-refractivity contribution in [2.24, 2.45) is 0 Å². The molecule has 0 radical (unpaired) electrons. The highest BCUT2D eigenvalue weighted by molar-refractivity contribution is 7.99. The largest absolute Gasteiger partial charge is 0.320 e. The lowest BCUT2D eigenvalue weighted by Crippen LogP contribution is -2.16. The maximum absolute atomic E-state index is 12.7. The van der Waals surface area contributed by atoms with Gasteiger partial charge in [0.25, 0.3) is 11.7 Å². The minimum atomic E-state index is -2.60. The van der Waals surface area contributed by atoms with Crippen molar-refractivity contribution < 1.29 is 13.6 Å². The van der Waals surface area contributed by atoms with Crippen molar-refractivity contribution >= 4 is 35.0 Å². The molecule has 1 N–H and O–H groups in total. The van der Waals surface area contributed by atoms with Crippen molar-refractivity contribution in [3.8, 4) is 5.82 Å². The Labute approximate surface area is 163 Å². The number of benzene rings is 1. The normalized spacial score (nSPS) is 11.0. The van der Waals surface area contributed by atoms with Crippen LogP contribution in [0.25, 0.3) is 5.82 Å². The molecule has 5 nitrogen and oxygen atoms in total. The van der Waals surface area contributed by atoms with Gasteiger partial charge in [0, 0.05) is 10.6 Å². The molecule has 1 aromatic carbocycles. The Hall–Kier alpha value is -2.45. The lowest BCUT2D eigenvalue weighted by atomic mass is 10.3. The van der Waals surface area contributed by atoms with Crippen LogP contribution in [0.15, 0.2) is 47.4 Å². The lowest BCUT2D eigenvalue weighted by molar-refractivity contribution is 0.102. The van der Waals surface area contributed by atoms with E-state index in [0.717, 1.165) is 11.4 Å². The molecule has 0 atom stereocenters. The van der Waals surface area contributed by atoms with Crippen LogP contribution in [0.3, 0.4) is 0 Å². The molecule has 2 aromatic heterocycles. The van der Waals surface area contributed by atoms with Gasteiger partial charge >= 0.3 is 0 Å². The van der Waals surface area contributed by atoms with E-state index in [-0.39, 0.29) is 21.3 Å². The number of carbonyl (C=O) groups is 1. The van der Waals surface area contributed by atoms with Crippen LogP contribution < -0.4 is 5.32 Å². The van der Waals surface area contributed by atoms with Crippen LogP contribution in [0.2, 0.25) is 5.02 Å². The smallest absolute Gasteiger partial charge is 0.288 e. The summed E-state index contributed by atoms with van der Waals surface area (Å²) in [5, 5.41) is 7.09. The van der Waals surface area contributed by atoms with Crippen LogP contribution in [0.1, 0.15) is 21.9 Å². The van der Waals surface area contributed by atoms with Gasteiger partial charge in [0.2, 0.25) is 0 Å². The Morgan fingerprint density at radius 3 is 2.63 bits per heavy atom. The van der Waals surface area contributed by atoms with Crippen molar-refractivity contribution in [2.75, 3.05) is 5.32 Å². The summed E-state index contributed by atoms with van der Waals surface area (Å²) < 4.78 is 27.0. The molecule has 3 rings (SSSR count). The second-order valence-corrected chi connectivity index (χ2v) is 7.11. The number of pyridine rings is 1. The zero-order valence-electron chi connectivity index (χ0n) is 14.4. The molecule has 0 aliphatic carbocycles. The lowest BCUT2D eigenvalue weighted by Gasteiger charge is -2.12. The van der Waals surface area contributed by atoms with Gasteiger partial charge in [0.15, 0.2) is 5.82 Å². The van der Waals surface area contributed by atoms with Gasteiger partial charge in [-0.05, 0) is 44.2 Å². The minimum absolute atomic E-state index is 0.0152. The summed E-state index contributed by atoms with van der Waals surface area (Å²) in [6.07, 6.45) is 0. The minimum Gasteiger partial charge on any atom is -0.320 e. The summed E-state index contributed by atoms with van der Waals surface area (Å²) in [4.78, 5) is 17.2. The average Bonchev–Trinajstić information content (AvgIpc) is 2.95. The van der Waals surface area contributed by atoms with Gasteiger partial charge in [-0.25, -0.2) is 9.67 Å². The molecular formula is C18H15ClF2N4OS. The number of thioether (sulfide) groups is 1. The Bertz CT molecular complexity index is 993. The maximum atomic E-state index is 12.7. The fourth-order valence-corrected chi connectivity index (χ4v) is 3.31. The van der Waals surface area contributed by atoms with E-state index < -0.39 is 11.7 Å². The molecule has 3 aromatic rings. The molecule has 1 amide bonds. The quantitative estimate of drug-likeness (QED) is 0.596. The number of hydrogen-bond acceptors (Lipinski definition) is 4. The predicted octanol–water partition coefficient (Wildman–Crippen LogP) is 5.10. The number of para-hydroxylation sites is 1. The molecule has 0 spiro atoms. The third-order valence-corrected chi connectivity index (χ3v) is 4.72. The van der Waals surface area contributed by atoms with E-state index >= 15 is 0 Å². The van der Waals surface area contributed by atoms with Crippen molar-refractivity contribution in [1.29, 1.82) is 0 Å². The topological polar surface area (TPSA) is 59.8 Å². The number of aryl methyl sites for hydroxylation is 2. The summed E-state index contributed by atoms with van der Waals surface area (Å²) in [6.45, 7) is 3.72. The number of nitrogens with zero attached hydrogens (tertiary/aromatic N) is 3. The SMILES string of the molecule is Cc1cc(C)n(-c2ccc(Cl)c(C(=O)Nc3ccccc3SC(F)F)n2)n1. The Balaban J connectivity index is 1.92. The summed E-state index contributed by atoms with van der Waals surface area (Å²) in [5.74, 6) is -2.75. The number of nitrogens with one attached hydrogen (secondary N) is 1. The molecular weight excluding hydrogens is 394 g/mol. The van der Waals surface area contributed by atoms with E-state index in [1.807, 2.05) is 19.9 Å². The molecule has 9 heteroatoms. The van der Waals surface area contributed by atoms with E-state index in [2.05, 4.69) is 15.4 Å². The first-order valence-electron chi connectivity index (χ1n) is 7.90. The molecule has 0 fully saturated rings. The van der Waals surface area contributed by atoms with E-state index in [1.165, 1.54) is 6.07 Å². The highest BCUT2D eigenvalue weighted by Crippen LogP contribution is 2.32. The molecule has 2 heterocycles. The highest BCUT2D eigenvalue weighted by Gasteiger charge is 2.18. The van der Waals surface area contributed by atoms with E-state index in [9.17, 15) is 13.6 Å². The average molecular weight is 409 g/mol. The van der Waals surface area contributed by atoms with Crippen LogP contribution in [-0.2, 0) is 0 Å². The number of carbonyl (C=O) groups excluding carboxylic acids is 1. The van der Waals surface area contributed by atoms with Crippen LogP contribution in [-0.4, -0.2) is 26.4 Å². The van der Waals surface area contributed by atoms with Crippen LogP contribution in [0.5, 0.6) is 0 Å². The first-order chi connectivity index (χ1) is 12.8. The monoisotopic (exact) mass is 408 g/mol. The standard InChI is InChI=1S/C18H15ClF2N4OS/c1-10-9-11(2)25(24-10)15-8-7-12(19)16(23-15)17(26)22-13-5-3-4-6-14(13)27-18(20)21/h3-9,18H,1-2H3,(H,22,26). The number of hydrogen-bond donors (Lipinski definition) is 1. The molecule has 0 aliphatic heterocycles. The first-order valence-corrected chi connectivity index (χ1v) is 9.16. The summed E-state index contributed by atoms with van der Waals surface area (Å²) in [6, 6.07) is 11.4. The fraction of sp³-hybridized carbons (Fsp3) is 0.167. The third-order valence-electron chi connectivity index (χ3n) is 3.62. The number of halogens is 3. The van der Waals surface area contributed by atoms with Gasteiger partial charge in [-0.15, -0.1) is 0 Å². The van der Waals surface area contributed by atoms with Crippen LogP contribution >= 0.6 is 23.4 Å². The second kappa shape index (κ2) is 8.06. The highest BCUT2D eigenvalue weighted by atomic mass is 35.5. The van der Waals surface area contributed by atoms with Crippen LogP contribution in [0, 0.1) is 13.8 Å². The van der Waals surface area contributed by atoms with Crippen molar-refractivity contribution in [3.63, 3.8) is 0 Å². The van der Waals surface area contributed by atoms with Crippen molar-refractivity contribution in [2.45, 2.75) is 24.5 Å². The number of amides is 1. The van der Waals surface area contributed by atoms with Gasteiger partial charge in [-0.3, -0.25) is 4.79 Å². The third kappa shape index (κ3) is 4.45. The zero-order valence-corrected chi connectivity index (χ0v) is 16.0. The molecule has 140 valence electrons. The molecule has 0 saturated heterocycles. The van der Waals surface area contributed by atoms with Crippen molar-refractivity contribution in [1.82, 2.24) is 14.8 Å².